The van der Waals surface area contributed by atoms with E-state index in [2.05, 4.69) is 39.7 Å². The number of amides is 1. The number of nitrogens with one attached hydrogen (secondary N) is 1. The number of rotatable bonds is 7. The molecule has 0 bridgehead atoms. The second kappa shape index (κ2) is 8.26. The van der Waals surface area contributed by atoms with Crippen LogP contribution in [0.5, 0.6) is 0 Å². The van der Waals surface area contributed by atoms with Gasteiger partial charge in [0.15, 0.2) is 0 Å². The van der Waals surface area contributed by atoms with Crippen molar-refractivity contribution in [1.82, 2.24) is 30.0 Å². The number of aromatic nitrogens is 5. The van der Waals surface area contributed by atoms with Crippen LogP contribution < -0.4 is 11.2 Å². The molecule has 1 amide bonds. The van der Waals surface area contributed by atoms with Crippen molar-refractivity contribution in [3.05, 3.63) is 52.8 Å². The molecule has 0 radical (unpaired) electrons. The van der Waals surface area contributed by atoms with Crippen LogP contribution >= 0.6 is 11.8 Å². The van der Waals surface area contributed by atoms with E-state index in [4.69, 9.17) is 5.84 Å². The first-order valence-electron chi connectivity index (χ1n) is 8.64. The molecule has 8 nitrogen and oxygen atoms in total. The molecular formula is C18H23N7OS. The van der Waals surface area contributed by atoms with Gasteiger partial charge in [-0.2, -0.15) is 5.10 Å². The molecule has 3 aromatic rings. The Morgan fingerprint density at radius 1 is 1.22 bits per heavy atom. The molecule has 3 rings (SSSR count). The van der Waals surface area contributed by atoms with E-state index in [0.717, 1.165) is 17.8 Å². The van der Waals surface area contributed by atoms with Gasteiger partial charge in [0.05, 0.1) is 11.4 Å². The predicted molar refractivity (Wildman–Crippen MR) is 105 cm³/mol. The molecule has 0 atom stereocenters. The van der Waals surface area contributed by atoms with Crippen molar-refractivity contribution in [2.45, 2.75) is 32.3 Å². The lowest BCUT2D eigenvalue weighted by Gasteiger charge is -2.07. The molecule has 0 aliphatic carbocycles. The van der Waals surface area contributed by atoms with Gasteiger partial charge in [0, 0.05) is 12.2 Å². The van der Waals surface area contributed by atoms with Crippen LogP contribution in [0.2, 0.25) is 0 Å². The number of carbonyl (C=O) groups excluding carboxylic acids is 1. The lowest BCUT2D eigenvalue weighted by atomic mass is 10.1. The van der Waals surface area contributed by atoms with E-state index in [1.54, 1.807) is 4.68 Å². The quantitative estimate of drug-likeness (QED) is 0.472. The van der Waals surface area contributed by atoms with Crippen LogP contribution in [0.15, 0.2) is 35.5 Å². The number of thioether (sulfide) groups is 1. The van der Waals surface area contributed by atoms with Crippen LogP contribution in [0.3, 0.4) is 0 Å². The summed E-state index contributed by atoms with van der Waals surface area (Å²) in [5.74, 6) is 6.65. The minimum absolute atomic E-state index is 0.0655. The van der Waals surface area contributed by atoms with Crippen molar-refractivity contribution >= 4 is 17.7 Å². The van der Waals surface area contributed by atoms with E-state index in [1.165, 1.54) is 27.6 Å². The van der Waals surface area contributed by atoms with Gasteiger partial charge in [0.1, 0.15) is 0 Å². The molecule has 2 heterocycles. The molecule has 0 aliphatic rings. The van der Waals surface area contributed by atoms with Gasteiger partial charge >= 0.3 is 0 Å². The summed E-state index contributed by atoms with van der Waals surface area (Å²) in [6.45, 7) is 6.49. The third-order valence-corrected chi connectivity index (χ3v) is 5.10. The van der Waals surface area contributed by atoms with Gasteiger partial charge < -0.3 is 11.2 Å². The van der Waals surface area contributed by atoms with Crippen LogP contribution in [-0.4, -0.2) is 42.9 Å². The van der Waals surface area contributed by atoms with Crippen LogP contribution in [0.25, 0.3) is 5.95 Å². The molecule has 0 unspecified atom stereocenters. The molecule has 27 heavy (non-hydrogen) atoms. The van der Waals surface area contributed by atoms with Crippen molar-refractivity contribution in [3.8, 4) is 5.95 Å². The Bertz CT molecular complexity index is 947. The predicted octanol–water partition coefficient (Wildman–Crippen LogP) is 1.55. The van der Waals surface area contributed by atoms with Crippen molar-refractivity contribution in [3.63, 3.8) is 0 Å². The average molecular weight is 385 g/mol. The molecule has 9 heteroatoms. The molecule has 0 aliphatic heterocycles. The molecule has 3 N–H and O–H groups in total. The lowest BCUT2D eigenvalue weighted by molar-refractivity contribution is -0.118. The normalized spacial score (nSPS) is 10.9. The Balaban J connectivity index is 1.52. The maximum Gasteiger partial charge on any atom is 0.271 e. The highest BCUT2D eigenvalue weighted by Crippen LogP contribution is 2.17. The average Bonchev–Trinajstić information content (AvgIpc) is 3.16. The molecule has 0 saturated heterocycles. The van der Waals surface area contributed by atoms with Gasteiger partial charge in [-0.25, -0.2) is 9.36 Å². The van der Waals surface area contributed by atoms with Crippen molar-refractivity contribution < 1.29 is 4.79 Å². The van der Waals surface area contributed by atoms with Gasteiger partial charge in [-0.3, -0.25) is 4.79 Å². The topological polar surface area (TPSA) is 104 Å². The van der Waals surface area contributed by atoms with Crippen LogP contribution in [0.4, 0.5) is 0 Å². The van der Waals surface area contributed by atoms with Crippen molar-refractivity contribution in [2.24, 2.45) is 0 Å². The SMILES string of the molecule is Cc1cc(C)n(-c2nnc(SCC(=O)NCCc3ccccc3C)n2N)n1. The van der Waals surface area contributed by atoms with Crippen molar-refractivity contribution in [1.29, 1.82) is 0 Å². The fourth-order valence-corrected chi connectivity index (χ4v) is 3.43. The molecule has 1 aromatic carbocycles. The molecule has 0 fully saturated rings. The zero-order chi connectivity index (χ0) is 19.4. The fourth-order valence-electron chi connectivity index (χ4n) is 2.75. The Morgan fingerprint density at radius 2 is 2.00 bits per heavy atom. The maximum absolute atomic E-state index is 12.1. The van der Waals surface area contributed by atoms with Gasteiger partial charge in [-0.15, -0.1) is 10.2 Å². The highest BCUT2D eigenvalue weighted by Gasteiger charge is 2.16. The smallest absolute Gasteiger partial charge is 0.271 e. The zero-order valence-corrected chi connectivity index (χ0v) is 16.5. The van der Waals surface area contributed by atoms with E-state index in [9.17, 15) is 4.79 Å². The molecule has 0 spiro atoms. The molecular weight excluding hydrogens is 362 g/mol. The third kappa shape index (κ3) is 4.48. The maximum atomic E-state index is 12.1. The lowest BCUT2D eigenvalue weighted by Crippen LogP contribution is -2.27. The van der Waals surface area contributed by atoms with Crippen LogP contribution in [-0.2, 0) is 11.2 Å². The van der Waals surface area contributed by atoms with E-state index < -0.39 is 0 Å². The first kappa shape index (κ1) is 19.0. The van der Waals surface area contributed by atoms with Crippen LogP contribution in [0.1, 0.15) is 22.5 Å². The van der Waals surface area contributed by atoms with E-state index in [0.29, 0.717) is 17.6 Å². The van der Waals surface area contributed by atoms with Crippen molar-refractivity contribution in [2.75, 3.05) is 18.1 Å². The zero-order valence-electron chi connectivity index (χ0n) is 15.6. The van der Waals surface area contributed by atoms with E-state index in [-0.39, 0.29) is 11.7 Å². The number of nitrogen functional groups attached to an aromatic ring is 1. The monoisotopic (exact) mass is 385 g/mol. The van der Waals surface area contributed by atoms with Gasteiger partial charge in [0.2, 0.25) is 11.1 Å². The molecule has 142 valence electrons. The van der Waals surface area contributed by atoms with E-state index >= 15 is 0 Å². The first-order valence-corrected chi connectivity index (χ1v) is 9.62. The van der Waals surface area contributed by atoms with Gasteiger partial charge in [-0.1, -0.05) is 36.0 Å². The number of hydrogen-bond donors (Lipinski definition) is 2. The Hall–Kier alpha value is -2.81. The minimum Gasteiger partial charge on any atom is -0.355 e. The highest BCUT2D eigenvalue weighted by molar-refractivity contribution is 7.99. The Labute approximate surface area is 162 Å². The standard InChI is InChI=1S/C18H23N7OS/c1-12-6-4-5-7-15(12)8-9-20-16(26)11-27-18-22-21-17(24(18)19)25-14(3)10-13(2)23-25/h4-7,10H,8-9,11,19H2,1-3H3,(H,20,26). The summed E-state index contributed by atoms with van der Waals surface area (Å²) in [5.41, 5.74) is 4.26. The fraction of sp³-hybridized carbons (Fsp3) is 0.333. The molecule has 2 aromatic heterocycles. The summed E-state index contributed by atoms with van der Waals surface area (Å²) in [5, 5.41) is 15.9. The Morgan fingerprint density at radius 3 is 2.70 bits per heavy atom. The number of aryl methyl sites for hydroxylation is 3. The molecule has 0 saturated carbocycles. The second-order valence-electron chi connectivity index (χ2n) is 6.31. The van der Waals surface area contributed by atoms with Crippen LogP contribution in [0, 0.1) is 20.8 Å². The first-order chi connectivity index (χ1) is 13.0. The number of benzene rings is 1. The number of carbonyl (C=O) groups is 1. The van der Waals surface area contributed by atoms with Gasteiger partial charge in [-0.05, 0) is 44.4 Å². The second-order valence-corrected chi connectivity index (χ2v) is 7.25. The Kier molecular flexibility index (Phi) is 5.80. The minimum atomic E-state index is -0.0655. The summed E-state index contributed by atoms with van der Waals surface area (Å²) in [7, 11) is 0. The summed E-state index contributed by atoms with van der Waals surface area (Å²) >= 11 is 1.24. The summed E-state index contributed by atoms with van der Waals surface area (Å²) in [6, 6.07) is 10.1. The summed E-state index contributed by atoms with van der Waals surface area (Å²) < 4.78 is 2.99. The summed E-state index contributed by atoms with van der Waals surface area (Å²) in [4.78, 5) is 12.1. The third-order valence-electron chi connectivity index (χ3n) is 4.16. The number of hydrogen-bond acceptors (Lipinski definition) is 6. The van der Waals surface area contributed by atoms with Gasteiger partial charge in [0.25, 0.3) is 5.95 Å². The highest BCUT2D eigenvalue weighted by atomic mass is 32.2. The summed E-state index contributed by atoms with van der Waals surface area (Å²) in [6.07, 6.45) is 0.804. The number of nitrogens with two attached hydrogens (primary N) is 1. The largest absolute Gasteiger partial charge is 0.355 e. The number of nitrogens with zero attached hydrogens (tertiary/aromatic N) is 5. The van der Waals surface area contributed by atoms with E-state index in [1.807, 2.05) is 32.0 Å².